The summed E-state index contributed by atoms with van der Waals surface area (Å²) in [6.45, 7) is 7.80. The van der Waals surface area contributed by atoms with Gasteiger partial charge in [0.05, 0.1) is 0 Å². The number of unbranched alkanes of at least 4 members (excludes halogenated alkanes) is 20. The third-order valence-electron chi connectivity index (χ3n) is 5.41. The molecule has 0 bridgehead atoms. The molecule has 0 aromatic rings. The Hall–Kier alpha value is -0.260. The molecule has 0 amide bonds. The summed E-state index contributed by atoms with van der Waals surface area (Å²) in [6.07, 6.45) is 35.2. The predicted molar refractivity (Wildman–Crippen MR) is 121 cm³/mol. The van der Waals surface area contributed by atoms with Gasteiger partial charge in [-0.25, -0.2) is 0 Å². The van der Waals surface area contributed by atoms with Crippen LogP contribution in [0.3, 0.4) is 0 Å². The number of rotatable bonds is 22. The highest BCUT2D eigenvalue weighted by Crippen LogP contribution is 2.13. The Labute approximate surface area is 167 Å². The molecule has 154 valence electrons. The number of hydrogen-bond donors (Lipinski definition) is 0. The van der Waals surface area contributed by atoms with E-state index in [1.807, 2.05) is 0 Å². The summed E-state index contributed by atoms with van der Waals surface area (Å²) in [5.41, 5.74) is 0. The van der Waals surface area contributed by atoms with E-state index in [1.54, 1.807) is 0 Å². The van der Waals surface area contributed by atoms with Crippen molar-refractivity contribution in [1.29, 1.82) is 0 Å². The van der Waals surface area contributed by atoms with E-state index in [0.717, 1.165) is 12.8 Å². The van der Waals surface area contributed by atoms with Gasteiger partial charge in [0.2, 0.25) is 0 Å². The fourth-order valence-corrected chi connectivity index (χ4v) is 3.59. The van der Waals surface area contributed by atoms with E-state index in [2.05, 4.69) is 26.0 Å². The van der Waals surface area contributed by atoms with Gasteiger partial charge in [0, 0.05) is 0 Å². The van der Waals surface area contributed by atoms with Crippen LogP contribution in [0.5, 0.6) is 0 Å². The lowest BCUT2D eigenvalue weighted by molar-refractivity contribution is 0.542. The third-order valence-corrected chi connectivity index (χ3v) is 5.41. The lowest BCUT2D eigenvalue weighted by Crippen LogP contribution is -1.82. The molecule has 0 spiro atoms. The molecule has 0 rings (SSSR count). The molecule has 0 fully saturated rings. The molecule has 0 saturated heterocycles. The van der Waals surface area contributed by atoms with Crippen molar-refractivity contribution in [2.75, 3.05) is 0 Å². The summed E-state index contributed by atoms with van der Waals surface area (Å²) in [6, 6.07) is 0. The van der Waals surface area contributed by atoms with Gasteiger partial charge in [-0.2, -0.15) is 0 Å². The summed E-state index contributed by atoms with van der Waals surface area (Å²) in [7, 11) is 0. The van der Waals surface area contributed by atoms with Gasteiger partial charge in [-0.05, 0) is 25.7 Å². The maximum absolute atomic E-state index is 3.90. The largest absolute Gasteiger partial charge is 0.0885 e. The van der Waals surface area contributed by atoms with Crippen molar-refractivity contribution in [3.05, 3.63) is 26.0 Å². The zero-order chi connectivity index (χ0) is 19.0. The standard InChI is InChI=1S/C26H50/c1-3-5-7-9-11-13-15-17-19-21-23-25-26-24-22-20-18-16-14-12-10-8-6-4-2/h19,21H,1-18,20,22-26H2. The van der Waals surface area contributed by atoms with Gasteiger partial charge in [-0.3, -0.25) is 0 Å². The summed E-state index contributed by atoms with van der Waals surface area (Å²) in [5.74, 6) is 0. The van der Waals surface area contributed by atoms with E-state index in [0.29, 0.717) is 0 Å². The van der Waals surface area contributed by atoms with Crippen LogP contribution in [0, 0.1) is 13.8 Å². The second kappa shape index (κ2) is 24.7. The second-order valence-electron chi connectivity index (χ2n) is 8.12. The number of allylic oxidation sites excluding steroid dienone is 2. The van der Waals surface area contributed by atoms with Crippen LogP contribution >= 0.6 is 0 Å². The quantitative estimate of drug-likeness (QED) is 0.133. The maximum Gasteiger partial charge on any atom is -0.0351 e. The summed E-state index contributed by atoms with van der Waals surface area (Å²) >= 11 is 0. The smallest absolute Gasteiger partial charge is 0.0351 e. The first-order valence-electron chi connectivity index (χ1n) is 12.1. The van der Waals surface area contributed by atoms with Gasteiger partial charge in [0.25, 0.3) is 0 Å². The van der Waals surface area contributed by atoms with Crippen LogP contribution in [0.2, 0.25) is 0 Å². The Morgan fingerprint density at radius 2 is 0.538 bits per heavy atom. The van der Waals surface area contributed by atoms with E-state index in [1.165, 1.54) is 128 Å². The molecule has 0 aliphatic rings. The van der Waals surface area contributed by atoms with Gasteiger partial charge in [0.15, 0.2) is 0 Å². The molecule has 0 heterocycles. The third kappa shape index (κ3) is 23.7. The molecule has 0 aromatic heterocycles. The molecular formula is C26H50. The van der Waals surface area contributed by atoms with Crippen molar-refractivity contribution in [3.63, 3.8) is 0 Å². The van der Waals surface area contributed by atoms with Gasteiger partial charge in [-0.15, -0.1) is 0 Å². The SMILES string of the molecule is [CH2]CCCCCCCCC=CCCCCCCCCCCCCCC[CH2]. The van der Waals surface area contributed by atoms with Crippen LogP contribution in [0.1, 0.15) is 141 Å². The molecule has 0 aromatic carbocycles. The van der Waals surface area contributed by atoms with Crippen molar-refractivity contribution in [2.24, 2.45) is 0 Å². The first kappa shape index (κ1) is 25.7. The van der Waals surface area contributed by atoms with Crippen molar-refractivity contribution < 1.29 is 0 Å². The Kier molecular flexibility index (Phi) is 24.5. The van der Waals surface area contributed by atoms with E-state index in [-0.39, 0.29) is 0 Å². The molecular weight excluding hydrogens is 312 g/mol. The van der Waals surface area contributed by atoms with E-state index in [9.17, 15) is 0 Å². The average molecular weight is 363 g/mol. The summed E-state index contributed by atoms with van der Waals surface area (Å²) < 4.78 is 0. The maximum atomic E-state index is 3.90. The predicted octanol–water partition coefficient (Wildman–Crippen LogP) is 9.79. The molecule has 0 N–H and O–H groups in total. The van der Waals surface area contributed by atoms with Crippen LogP contribution < -0.4 is 0 Å². The first-order valence-corrected chi connectivity index (χ1v) is 12.1. The lowest BCUT2D eigenvalue weighted by Gasteiger charge is -2.02. The Morgan fingerprint density at radius 1 is 0.308 bits per heavy atom. The van der Waals surface area contributed by atoms with Crippen LogP contribution in [-0.4, -0.2) is 0 Å². The van der Waals surface area contributed by atoms with E-state index in [4.69, 9.17) is 0 Å². The molecule has 0 atom stereocenters. The average Bonchev–Trinajstić information content (AvgIpc) is 2.66. The van der Waals surface area contributed by atoms with E-state index < -0.39 is 0 Å². The zero-order valence-electron chi connectivity index (χ0n) is 18.1. The minimum absolute atomic E-state index is 1.11. The molecule has 0 aliphatic carbocycles. The highest BCUT2D eigenvalue weighted by Gasteiger charge is 1.93. The fourth-order valence-electron chi connectivity index (χ4n) is 3.59. The minimum atomic E-state index is 1.11. The van der Waals surface area contributed by atoms with Gasteiger partial charge in [-0.1, -0.05) is 142 Å². The van der Waals surface area contributed by atoms with Gasteiger partial charge in [0.1, 0.15) is 0 Å². The molecule has 0 saturated carbocycles. The minimum Gasteiger partial charge on any atom is -0.0885 e. The molecule has 0 heteroatoms. The van der Waals surface area contributed by atoms with Crippen LogP contribution in [0.4, 0.5) is 0 Å². The van der Waals surface area contributed by atoms with Crippen LogP contribution in [0.15, 0.2) is 12.2 Å². The molecule has 2 radical (unpaired) electrons. The lowest BCUT2D eigenvalue weighted by atomic mass is 10.0. The van der Waals surface area contributed by atoms with Gasteiger partial charge < -0.3 is 0 Å². The highest BCUT2D eigenvalue weighted by atomic mass is 14.0. The van der Waals surface area contributed by atoms with Crippen molar-refractivity contribution in [3.8, 4) is 0 Å². The number of hydrogen-bond acceptors (Lipinski definition) is 0. The van der Waals surface area contributed by atoms with Crippen LogP contribution in [-0.2, 0) is 0 Å². The topological polar surface area (TPSA) is 0 Å². The Morgan fingerprint density at radius 3 is 0.808 bits per heavy atom. The zero-order valence-corrected chi connectivity index (χ0v) is 18.1. The van der Waals surface area contributed by atoms with Crippen molar-refractivity contribution >= 4 is 0 Å². The highest BCUT2D eigenvalue weighted by molar-refractivity contribution is 4.81. The molecule has 0 nitrogen and oxygen atoms in total. The van der Waals surface area contributed by atoms with E-state index >= 15 is 0 Å². The second-order valence-corrected chi connectivity index (χ2v) is 8.12. The molecule has 0 unspecified atom stereocenters. The first-order chi connectivity index (χ1) is 12.9. The normalized spacial score (nSPS) is 11.6. The van der Waals surface area contributed by atoms with Crippen molar-refractivity contribution in [2.45, 2.75) is 141 Å². The summed E-state index contributed by atoms with van der Waals surface area (Å²) in [5, 5.41) is 0. The molecule has 26 heavy (non-hydrogen) atoms. The van der Waals surface area contributed by atoms with Crippen molar-refractivity contribution in [1.82, 2.24) is 0 Å². The summed E-state index contributed by atoms with van der Waals surface area (Å²) in [4.78, 5) is 0. The Bertz CT molecular complexity index is 253. The Balaban J connectivity index is 3.04. The monoisotopic (exact) mass is 362 g/mol. The van der Waals surface area contributed by atoms with Gasteiger partial charge >= 0.3 is 0 Å². The van der Waals surface area contributed by atoms with Crippen LogP contribution in [0.25, 0.3) is 0 Å². The fraction of sp³-hybridized carbons (Fsp3) is 0.846. The molecule has 0 aliphatic heterocycles.